The smallest absolute Gasteiger partial charge is 0.255 e. The first kappa shape index (κ1) is 16.7. The summed E-state index contributed by atoms with van der Waals surface area (Å²) in [5.74, 6) is 0.360. The Morgan fingerprint density at radius 3 is 2.80 bits per heavy atom. The first-order valence-corrected chi connectivity index (χ1v) is 7.88. The van der Waals surface area contributed by atoms with Gasteiger partial charge >= 0.3 is 0 Å². The summed E-state index contributed by atoms with van der Waals surface area (Å²) >= 11 is 0. The third-order valence-corrected chi connectivity index (χ3v) is 3.88. The van der Waals surface area contributed by atoms with Gasteiger partial charge in [-0.2, -0.15) is 5.10 Å². The Bertz CT molecular complexity index is 846. The van der Waals surface area contributed by atoms with Crippen LogP contribution in [0.4, 0.5) is 0 Å². The number of hydrogen-bond acceptors (Lipinski definition) is 4. The Labute approximate surface area is 145 Å². The molecule has 1 amide bonds. The Morgan fingerprint density at radius 2 is 2.04 bits per heavy atom. The molecule has 0 bridgehead atoms. The summed E-state index contributed by atoms with van der Waals surface area (Å²) in [4.78, 5) is 12.5. The largest absolute Gasteiger partial charge is 0.497 e. The van der Waals surface area contributed by atoms with Gasteiger partial charge in [0.05, 0.1) is 30.7 Å². The summed E-state index contributed by atoms with van der Waals surface area (Å²) in [6.07, 6.45) is 0.654. The lowest BCUT2D eigenvalue weighted by molar-refractivity contribution is 0.0917. The number of aromatic amines is 1. The Hall–Kier alpha value is -3.12. The number of aliphatic hydroxyl groups is 1. The van der Waals surface area contributed by atoms with Gasteiger partial charge in [0, 0.05) is 12.1 Å². The number of nitrogens with one attached hydrogen (secondary N) is 2. The van der Waals surface area contributed by atoms with Crippen molar-refractivity contribution in [1.29, 1.82) is 0 Å². The Morgan fingerprint density at radius 1 is 1.24 bits per heavy atom. The molecule has 6 heteroatoms. The van der Waals surface area contributed by atoms with Crippen molar-refractivity contribution in [3.63, 3.8) is 0 Å². The molecule has 0 saturated heterocycles. The first-order chi connectivity index (χ1) is 12.2. The van der Waals surface area contributed by atoms with Crippen molar-refractivity contribution in [2.75, 3.05) is 13.7 Å². The second kappa shape index (κ2) is 7.63. The van der Waals surface area contributed by atoms with Crippen LogP contribution < -0.4 is 10.1 Å². The van der Waals surface area contributed by atoms with Gasteiger partial charge in [0.15, 0.2) is 0 Å². The topological polar surface area (TPSA) is 87.2 Å². The van der Waals surface area contributed by atoms with Gasteiger partial charge in [0.1, 0.15) is 5.75 Å². The second-order valence-electron chi connectivity index (χ2n) is 5.53. The van der Waals surface area contributed by atoms with Crippen LogP contribution in [0.15, 0.2) is 60.8 Å². The van der Waals surface area contributed by atoms with Crippen LogP contribution in [-0.4, -0.2) is 34.9 Å². The fourth-order valence-electron chi connectivity index (χ4n) is 2.53. The van der Waals surface area contributed by atoms with Crippen LogP contribution in [0.5, 0.6) is 5.75 Å². The van der Waals surface area contributed by atoms with E-state index in [-0.39, 0.29) is 12.5 Å². The molecule has 3 N–H and O–H groups in total. The third kappa shape index (κ3) is 3.87. The molecule has 25 heavy (non-hydrogen) atoms. The average Bonchev–Trinajstić information content (AvgIpc) is 3.16. The number of carbonyl (C=O) groups is 1. The molecule has 0 spiro atoms. The summed E-state index contributed by atoms with van der Waals surface area (Å²) in [5, 5.41) is 19.8. The van der Waals surface area contributed by atoms with Crippen molar-refractivity contribution in [2.24, 2.45) is 0 Å². The zero-order valence-corrected chi connectivity index (χ0v) is 13.8. The molecule has 0 aliphatic carbocycles. The van der Waals surface area contributed by atoms with Crippen molar-refractivity contribution in [2.45, 2.75) is 6.10 Å². The monoisotopic (exact) mass is 337 g/mol. The standard InChI is InChI=1S/C19H19N3O3/c1-25-15-9-5-8-14(10-15)17(23)12-20-19(24)16-11-21-22-18(16)13-6-3-2-4-7-13/h2-11,17,23H,12H2,1H3,(H,20,24)(H,21,22). The molecule has 2 aromatic carbocycles. The maximum atomic E-state index is 12.5. The van der Waals surface area contributed by atoms with E-state index in [0.717, 1.165) is 5.56 Å². The number of aromatic nitrogens is 2. The minimum absolute atomic E-state index is 0.0887. The summed E-state index contributed by atoms with van der Waals surface area (Å²) in [5.41, 5.74) is 2.63. The fraction of sp³-hybridized carbons (Fsp3) is 0.158. The lowest BCUT2D eigenvalue weighted by atomic mass is 10.1. The number of nitrogens with zero attached hydrogens (tertiary/aromatic N) is 1. The molecule has 3 aromatic rings. The molecule has 0 aliphatic heterocycles. The van der Waals surface area contributed by atoms with Crippen molar-refractivity contribution in [1.82, 2.24) is 15.5 Å². The molecule has 3 rings (SSSR count). The molecule has 1 aromatic heterocycles. The van der Waals surface area contributed by atoms with Crippen molar-refractivity contribution < 1.29 is 14.6 Å². The van der Waals surface area contributed by atoms with Gasteiger partial charge in [-0.15, -0.1) is 0 Å². The van der Waals surface area contributed by atoms with E-state index in [2.05, 4.69) is 15.5 Å². The van der Waals surface area contributed by atoms with Crippen LogP contribution in [0.2, 0.25) is 0 Å². The number of hydrogen-bond donors (Lipinski definition) is 3. The summed E-state index contributed by atoms with van der Waals surface area (Å²) in [6, 6.07) is 16.6. The SMILES string of the molecule is COc1cccc(C(O)CNC(=O)c2cn[nH]c2-c2ccccc2)c1. The van der Waals surface area contributed by atoms with Crippen LogP contribution in [0, 0.1) is 0 Å². The van der Waals surface area contributed by atoms with E-state index >= 15 is 0 Å². The van der Waals surface area contributed by atoms with Gasteiger partial charge in [-0.3, -0.25) is 9.89 Å². The molecular formula is C19H19N3O3. The van der Waals surface area contributed by atoms with Crippen LogP contribution in [0.25, 0.3) is 11.3 Å². The maximum absolute atomic E-state index is 12.5. The van der Waals surface area contributed by atoms with Gasteiger partial charge < -0.3 is 15.2 Å². The van der Waals surface area contributed by atoms with Gasteiger partial charge in [0.2, 0.25) is 0 Å². The predicted octanol–water partition coefficient (Wildman–Crippen LogP) is 2.55. The quantitative estimate of drug-likeness (QED) is 0.645. The molecular weight excluding hydrogens is 318 g/mol. The van der Waals surface area contributed by atoms with Crippen molar-refractivity contribution in [3.05, 3.63) is 71.9 Å². The molecule has 1 unspecified atom stereocenters. The number of carbonyl (C=O) groups excluding carboxylic acids is 1. The minimum Gasteiger partial charge on any atom is -0.497 e. The fourth-order valence-corrected chi connectivity index (χ4v) is 2.53. The molecule has 6 nitrogen and oxygen atoms in total. The number of rotatable bonds is 6. The number of amides is 1. The summed E-state index contributed by atoms with van der Waals surface area (Å²) < 4.78 is 5.14. The lowest BCUT2D eigenvalue weighted by Gasteiger charge is -2.13. The summed E-state index contributed by atoms with van der Waals surface area (Å²) in [7, 11) is 1.57. The van der Waals surface area contributed by atoms with E-state index in [1.165, 1.54) is 6.20 Å². The third-order valence-electron chi connectivity index (χ3n) is 3.88. The van der Waals surface area contributed by atoms with Crippen LogP contribution >= 0.6 is 0 Å². The first-order valence-electron chi connectivity index (χ1n) is 7.88. The van der Waals surface area contributed by atoms with E-state index in [0.29, 0.717) is 22.6 Å². The van der Waals surface area contributed by atoms with Gasteiger partial charge in [-0.1, -0.05) is 42.5 Å². The molecule has 0 radical (unpaired) electrons. The van der Waals surface area contributed by atoms with E-state index < -0.39 is 6.10 Å². The van der Waals surface area contributed by atoms with Gasteiger partial charge in [0.25, 0.3) is 5.91 Å². The average molecular weight is 337 g/mol. The predicted molar refractivity (Wildman–Crippen MR) is 94.3 cm³/mol. The number of aliphatic hydroxyl groups excluding tert-OH is 1. The highest BCUT2D eigenvalue weighted by Crippen LogP contribution is 2.21. The second-order valence-corrected chi connectivity index (χ2v) is 5.53. The Kier molecular flexibility index (Phi) is 5.11. The lowest BCUT2D eigenvalue weighted by Crippen LogP contribution is -2.28. The van der Waals surface area contributed by atoms with Crippen LogP contribution in [-0.2, 0) is 0 Å². The zero-order chi connectivity index (χ0) is 17.6. The van der Waals surface area contributed by atoms with E-state index in [1.807, 2.05) is 30.3 Å². The highest BCUT2D eigenvalue weighted by atomic mass is 16.5. The number of benzene rings is 2. The van der Waals surface area contributed by atoms with Crippen LogP contribution in [0.3, 0.4) is 0 Å². The number of ether oxygens (including phenoxy) is 1. The maximum Gasteiger partial charge on any atom is 0.255 e. The molecule has 128 valence electrons. The molecule has 0 aliphatic rings. The molecule has 0 saturated carbocycles. The van der Waals surface area contributed by atoms with E-state index in [4.69, 9.17) is 4.74 Å². The highest BCUT2D eigenvalue weighted by molar-refractivity contribution is 5.99. The van der Waals surface area contributed by atoms with Crippen LogP contribution in [0.1, 0.15) is 22.0 Å². The van der Waals surface area contributed by atoms with Gasteiger partial charge in [-0.25, -0.2) is 0 Å². The zero-order valence-electron chi connectivity index (χ0n) is 13.8. The summed E-state index contributed by atoms with van der Waals surface area (Å²) in [6.45, 7) is 0.0887. The van der Waals surface area contributed by atoms with Crippen molar-refractivity contribution >= 4 is 5.91 Å². The van der Waals surface area contributed by atoms with Crippen molar-refractivity contribution in [3.8, 4) is 17.0 Å². The van der Waals surface area contributed by atoms with E-state index in [1.54, 1.807) is 31.4 Å². The van der Waals surface area contributed by atoms with Gasteiger partial charge in [-0.05, 0) is 17.7 Å². The molecule has 1 atom stereocenters. The molecule has 1 heterocycles. The Balaban J connectivity index is 1.68. The highest BCUT2D eigenvalue weighted by Gasteiger charge is 2.17. The number of H-pyrrole nitrogens is 1. The molecule has 0 fully saturated rings. The normalized spacial score (nSPS) is 11.8. The minimum atomic E-state index is -0.828. The van der Waals surface area contributed by atoms with E-state index in [9.17, 15) is 9.90 Å². The number of methoxy groups -OCH3 is 1.